The van der Waals surface area contributed by atoms with Crippen LogP contribution in [-0.2, 0) is 10.0 Å². The van der Waals surface area contributed by atoms with Crippen molar-refractivity contribution < 1.29 is 13.2 Å². The van der Waals surface area contributed by atoms with Crippen LogP contribution in [-0.4, -0.2) is 54.6 Å². The lowest BCUT2D eigenvalue weighted by Crippen LogP contribution is -2.41. The highest BCUT2D eigenvalue weighted by atomic mass is 35.5. The fourth-order valence-corrected chi connectivity index (χ4v) is 4.12. The lowest BCUT2D eigenvalue weighted by atomic mass is 9.99. The second kappa shape index (κ2) is 5.99. The number of nitrogens with zero attached hydrogens (tertiary/aromatic N) is 3. The minimum absolute atomic E-state index is 0.149. The smallest absolute Gasteiger partial charge is 0.274 e. The van der Waals surface area contributed by atoms with Crippen LogP contribution in [0.1, 0.15) is 29.2 Å². The normalized spacial score (nSPS) is 24.9. The van der Waals surface area contributed by atoms with E-state index in [4.69, 9.17) is 11.6 Å². The zero-order valence-electron chi connectivity index (χ0n) is 13.0. The zero-order chi connectivity index (χ0) is 16.8. The van der Waals surface area contributed by atoms with E-state index in [-0.39, 0.29) is 28.6 Å². The first kappa shape index (κ1) is 16.6. The van der Waals surface area contributed by atoms with Crippen molar-refractivity contribution in [1.82, 2.24) is 19.6 Å². The van der Waals surface area contributed by atoms with E-state index in [2.05, 4.69) is 14.7 Å². The Morgan fingerprint density at radius 3 is 2.70 bits per heavy atom. The summed E-state index contributed by atoms with van der Waals surface area (Å²) in [6.45, 7) is 2.56. The van der Waals surface area contributed by atoms with Gasteiger partial charge in [0.05, 0.1) is 17.5 Å². The van der Waals surface area contributed by atoms with Crippen LogP contribution >= 0.6 is 11.6 Å². The van der Waals surface area contributed by atoms with Crippen LogP contribution in [0.25, 0.3) is 0 Å². The van der Waals surface area contributed by atoms with Gasteiger partial charge in [0.2, 0.25) is 10.0 Å². The standard InChI is InChI=1S/C14H19ClN4O3S/c1-8-16-5-11(15)13(17-8)14(20)19-6-10(9-3-4-9)12(7-19)18-23(2,21)22/h5,9-10,12,18H,3-4,6-7H2,1-2H3/t10-,12+/m1/s1. The van der Waals surface area contributed by atoms with Gasteiger partial charge in [-0.15, -0.1) is 0 Å². The predicted molar refractivity (Wildman–Crippen MR) is 85.7 cm³/mol. The molecular formula is C14H19ClN4O3S. The molecule has 23 heavy (non-hydrogen) atoms. The van der Waals surface area contributed by atoms with E-state index < -0.39 is 10.0 Å². The minimum atomic E-state index is -3.31. The maximum Gasteiger partial charge on any atom is 0.274 e. The first-order chi connectivity index (χ1) is 10.7. The summed E-state index contributed by atoms with van der Waals surface area (Å²) in [7, 11) is -3.31. The van der Waals surface area contributed by atoms with Crippen LogP contribution in [0.5, 0.6) is 0 Å². The summed E-state index contributed by atoms with van der Waals surface area (Å²) in [5, 5.41) is 0.211. The average Bonchev–Trinajstić information content (AvgIpc) is 3.21. The molecule has 1 aromatic heterocycles. The summed E-state index contributed by atoms with van der Waals surface area (Å²) in [6.07, 6.45) is 4.73. The Balaban J connectivity index is 1.80. The number of hydrogen-bond donors (Lipinski definition) is 1. The van der Waals surface area contributed by atoms with Crippen molar-refractivity contribution in [3.8, 4) is 0 Å². The average molecular weight is 359 g/mol. The predicted octanol–water partition coefficient (Wildman–Crippen LogP) is 0.838. The lowest BCUT2D eigenvalue weighted by molar-refractivity contribution is 0.0778. The van der Waals surface area contributed by atoms with Crippen molar-refractivity contribution >= 4 is 27.5 Å². The highest BCUT2D eigenvalue weighted by molar-refractivity contribution is 7.88. The molecule has 1 aliphatic heterocycles. The van der Waals surface area contributed by atoms with Gasteiger partial charge >= 0.3 is 0 Å². The van der Waals surface area contributed by atoms with E-state index in [9.17, 15) is 13.2 Å². The molecule has 2 fully saturated rings. The van der Waals surface area contributed by atoms with Crippen molar-refractivity contribution in [3.05, 3.63) is 22.7 Å². The molecule has 0 unspecified atom stereocenters. The van der Waals surface area contributed by atoms with E-state index in [1.54, 1.807) is 11.8 Å². The van der Waals surface area contributed by atoms with Gasteiger partial charge in [-0.25, -0.2) is 23.1 Å². The molecule has 7 nitrogen and oxygen atoms in total. The maximum absolute atomic E-state index is 12.7. The highest BCUT2D eigenvalue weighted by Crippen LogP contribution is 2.41. The minimum Gasteiger partial charge on any atom is -0.335 e. The quantitative estimate of drug-likeness (QED) is 0.861. The Bertz CT molecular complexity index is 736. The van der Waals surface area contributed by atoms with E-state index in [1.807, 2.05) is 0 Å². The number of likely N-dealkylation sites (tertiary alicyclic amines) is 1. The molecule has 1 aromatic rings. The lowest BCUT2D eigenvalue weighted by Gasteiger charge is -2.17. The Kier molecular flexibility index (Phi) is 4.33. The van der Waals surface area contributed by atoms with Gasteiger partial charge in [0.1, 0.15) is 5.82 Å². The van der Waals surface area contributed by atoms with Crippen LogP contribution in [0.4, 0.5) is 0 Å². The molecule has 1 saturated heterocycles. The summed E-state index contributed by atoms with van der Waals surface area (Å²) < 4.78 is 25.8. The van der Waals surface area contributed by atoms with Crippen LogP contribution < -0.4 is 4.72 Å². The molecule has 0 bridgehead atoms. The summed E-state index contributed by atoms with van der Waals surface area (Å²) in [6, 6.07) is -0.247. The number of hydrogen-bond acceptors (Lipinski definition) is 5. The molecule has 2 aliphatic rings. The van der Waals surface area contributed by atoms with Crippen molar-refractivity contribution in [3.63, 3.8) is 0 Å². The third kappa shape index (κ3) is 3.81. The molecule has 2 atom stereocenters. The second-order valence-corrected chi connectivity index (χ2v) is 8.51. The fraction of sp³-hybridized carbons (Fsp3) is 0.643. The molecule has 1 N–H and O–H groups in total. The molecule has 0 aromatic carbocycles. The van der Waals surface area contributed by atoms with E-state index in [1.165, 1.54) is 6.20 Å². The zero-order valence-corrected chi connectivity index (χ0v) is 14.6. The van der Waals surface area contributed by atoms with Crippen LogP contribution in [0, 0.1) is 18.8 Å². The first-order valence-corrected chi connectivity index (χ1v) is 9.77. The van der Waals surface area contributed by atoms with Crippen molar-refractivity contribution in [2.45, 2.75) is 25.8 Å². The Morgan fingerprint density at radius 2 is 2.09 bits per heavy atom. The third-order valence-electron chi connectivity index (χ3n) is 4.31. The molecule has 1 amide bonds. The molecule has 1 aliphatic carbocycles. The molecule has 0 spiro atoms. The fourth-order valence-electron chi connectivity index (χ4n) is 3.15. The summed E-state index contributed by atoms with van der Waals surface area (Å²) in [5.41, 5.74) is 0.175. The van der Waals surface area contributed by atoms with Crippen LogP contribution in [0.2, 0.25) is 5.02 Å². The van der Waals surface area contributed by atoms with E-state index in [0.29, 0.717) is 24.8 Å². The van der Waals surface area contributed by atoms with Crippen molar-refractivity contribution in [2.24, 2.45) is 11.8 Å². The van der Waals surface area contributed by atoms with Gasteiger partial charge in [-0.1, -0.05) is 11.6 Å². The Hall–Kier alpha value is -1.25. The third-order valence-corrected chi connectivity index (χ3v) is 5.32. The molecule has 9 heteroatoms. The van der Waals surface area contributed by atoms with Gasteiger partial charge < -0.3 is 4.90 Å². The number of amides is 1. The van der Waals surface area contributed by atoms with Crippen molar-refractivity contribution in [2.75, 3.05) is 19.3 Å². The number of rotatable bonds is 4. The van der Waals surface area contributed by atoms with Gasteiger partial charge in [0.15, 0.2) is 5.69 Å². The molecule has 126 valence electrons. The van der Waals surface area contributed by atoms with E-state index >= 15 is 0 Å². The van der Waals surface area contributed by atoms with E-state index in [0.717, 1.165) is 19.1 Å². The number of carbonyl (C=O) groups is 1. The molecule has 3 rings (SSSR count). The topological polar surface area (TPSA) is 92.3 Å². The largest absolute Gasteiger partial charge is 0.335 e. The number of sulfonamides is 1. The van der Waals surface area contributed by atoms with Gasteiger partial charge in [-0.05, 0) is 31.6 Å². The van der Waals surface area contributed by atoms with Gasteiger partial charge in [0, 0.05) is 19.1 Å². The number of halogens is 1. The number of aromatic nitrogens is 2. The SMILES string of the molecule is Cc1ncc(Cl)c(C(=O)N2C[C@H](NS(C)(=O)=O)[C@@H](C3CC3)C2)n1. The van der Waals surface area contributed by atoms with Gasteiger partial charge in [-0.2, -0.15) is 0 Å². The summed E-state index contributed by atoms with van der Waals surface area (Å²) in [4.78, 5) is 22.4. The summed E-state index contributed by atoms with van der Waals surface area (Å²) in [5.74, 6) is 0.829. The molecule has 2 heterocycles. The van der Waals surface area contributed by atoms with Crippen LogP contribution in [0.15, 0.2) is 6.20 Å². The van der Waals surface area contributed by atoms with Gasteiger partial charge in [-0.3, -0.25) is 4.79 Å². The molecular weight excluding hydrogens is 340 g/mol. The molecule has 1 saturated carbocycles. The number of aryl methyl sites for hydroxylation is 1. The number of carbonyl (C=O) groups excluding carboxylic acids is 1. The number of nitrogens with one attached hydrogen (secondary N) is 1. The highest BCUT2D eigenvalue weighted by Gasteiger charge is 2.45. The van der Waals surface area contributed by atoms with Crippen molar-refractivity contribution in [1.29, 1.82) is 0 Å². The van der Waals surface area contributed by atoms with Crippen LogP contribution in [0.3, 0.4) is 0 Å². The molecule has 0 radical (unpaired) electrons. The van der Waals surface area contributed by atoms with Gasteiger partial charge in [0.25, 0.3) is 5.91 Å². The first-order valence-electron chi connectivity index (χ1n) is 7.50. The summed E-state index contributed by atoms with van der Waals surface area (Å²) >= 11 is 6.04. The Morgan fingerprint density at radius 1 is 1.39 bits per heavy atom. The Labute approximate surface area is 140 Å². The maximum atomic E-state index is 12.7. The monoisotopic (exact) mass is 358 g/mol. The second-order valence-electron chi connectivity index (χ2n) is 6.32.